The second-order valence-corrected chi connectivity index (χ2v) is 3.79. The monoisotopic (exact) mass is 218 g/mol. The van der Waals surface area contributed by atoms with Crippen molar-refractivity contribution < 1.29 is 4.74 Å². The SMILES string of the molecule is COc1c(C)c(C)c(Cl)c(C)c1Cl. The first-order valence-electron chi connectivity index (χ1n) is 3.99. The van der Waals surface area contributed by atoms with Gasteiger partial charge < -0.3 is 4.74 Å². The Kier molecular flexibility index (Phi) is 3.09. The fourth-order valence-corrected chi connectivity index (χ4v) is 1.89. The number of halogens is 2. The van der Waals surface area contributed by atoms with Gasteiger partial charge in [0, 0.05) is 5.02 Å². The Balaban J connectivity index is 3.56. The summed E-state index contributed by atoms with van der Waals surface area (Å²) in [6.07, 6.45) is 0. The fraction of sp³-hybridized carbons (Fsp3) is 0.400. The standard InChI is InChI=1S/C10H12Cl2O/c1-5-6(2)10(13-4)9(12)7(3)8(5)11/h1-4H3. The minimum absolute atomic E-state index is 0.607. The van der Waals surface area contributed by atoms with Crippen LogP contribution in [-0.2, 0) is 0 Å². The van der Waals surface area contributed by atoms with E-state index < -0.39 is 0 Å². The lowest BCUT2D eigenvalue weighted by Crippen LogP contribution is -1.95. The molecule has 0 spiro atoms. The summed E-state index contributed by atoms with van der Waals surface area (Å²) < 4.78 is 5.20. The van der Waals surface area contributed by atoms with Crippen molar-refractivity contribution in [1.82, 2.24) is 0 Å². The Morgan fingerprint density at radius 2 is 1.38 bits per heavy atom. The summed E-state index contributed by atoms with van der Waals surface area (Å²) in [6.45, 7) is 5.80. The molecule has 1 aromatic carbocycles. The van der Waals surface area contributed by atoms with E-state index in [0.717, 1.165) is 27.5 Å². The Morgan fingerprint density at radius 3 is 1.85 bits per heavy atom. The molecule has 1 nitrogen and oxygen atoms in total. The molecular formula is C10H12Cl2O. The van der Waals surface area contributed by atoms with Gasteiger partial charge in [-0.15, -0.1) is 0 Å². The highest BCUT2D eigenvalue weighted by atomic mass is 35.5. The van der Waals surface area contributed by atoms with Crippen molar-refractivity contribution in [1.29, 1.82) is 0 Å². The topological polar surface area (TPSA) is 9.23 Å². The first-order valence-corrected chi connectivity index (χ1v) is 4.75. The predicted octanol–water partition coefficient (Wildman–Crippen LogP) is 3.93. The molecule has 0 atom stereocenters. The number of rotatable bonds is 1. The molecular weight excluding hydrogens is 207 g/mol. The molecule has 0 aliphatic rings. The largest absolute Gasteiger partial charge is 0.495 e. The average Bonchev–Trinajstić information content (AvgIpc) is 2.13. The van der Waals surface area contributed by atoms with E-state index in [9.17, 15) is 0 Å². The summed E-state index contributed by atoms with van der Waals surface area (Å²) in [5, 5.41) is 1.33. The molecule has 0 radical (unpaired) electrons. The van der Waals surface area contributed by atoms with E-state index in [2.05, 4.69) is 0 Å². The second kappa shape index (κ2) is 3.77. The molecule has 0 saturated heterocycles. The van der Waals surface area contributed by atoms with Crippen LogP contribution < -0.4 is 4.74 Å². The van der Waals surface area contributed by atoms with E-state index >= 15 is 0 Å². The molecule has 0 N–H and O–H groups in total. The van der Waals surface area contributed by atoms with Crippen molar-refractivity contribution in [3.05, 3.63) is 26.7 Å². The number of hydrogen-bond donors (Lipinski definition) is 0. The highest BCUT2D eigenvalue weighted by molar-refractivity contribution is 6.37. The Labute approximate surface area is 88.6 Å². The van der Waals surface area contributed by atoms with E-state index in [0.29, 0.717) is 5.02 Å². The van der Waals surface area contributed by atoms with Gasteiger partial charge in [-0.2, -0.15) is 0 Å². The number of methoxy groups -OCH3 is 1. The van der Waals surface area contributed by atoms with E-state index in [1.807, 2.05) is 20.8 Å². The molecule has 0 bridgehead atoms. The maximum Gasteiger partial charge on any atom is 0.140 e. The van der Waals surface area contributed by atoms with Crippen LogP contribution in [0.3, 0.4) is 0 Å². The third-order valence-corrected chi connectivity index (χ3v) is 3.32. The van der Waals surface area contributed by atoms with E-state index in [-0.39, 0.29) is 0 Å². The molecule has 0 amide bonds. The Morgan fingerprint density at radius 1 is 0.846 bits per heavy atom. The lowest BCUT2D eigenvalue weighted by atomic mass is 10.1. The van der Waals surface area contributed by atoms with Gasteiger partial charge in [0.05, 0.1) is 12.1 Å². The number of benzene rings is 1. The quantitative estimate of drug-likeness (QED) is 0.695. The van der Waals surface area contributed by atoms with Crippen LogP contribution in [0, 0.1) is 20.8 Å². The zero-order valence-electron chi connectivity index (χ0n) is 8.16. The van der Waals surface area contributed by atoms with Crippen LogP contribution in [0.1, 0.15) is 16.7 Å². The zero-order chi connectivity index (χ0) is 10.2. The minimum Gasteiger partial charge on any atom is -0.495 e. The predicted molar refractivity (Wildman–Crippen MR) is 57.2 cm³/mol. The van der Waals surface area contributed by atoms with Crippen LogP contribution in [0.15, 0.2) is 0 Å². The molecule has 0 saturated carbocycles. The molecule has 0 aliphatic carbocycles. The summed E-state index contributed by atoms with van der Waals surface area (Å²) in [4.78, 5) is 0. The average molecular weight is 219 g/mol. The summed E-state index contributed by atoms with van der Waals surface area (Å²) in [5.74, 6) is 0.723. The fourth-order valence-electron chi connectivity index (χ4n) is 1.29. The lowest BCUT2D eigenvalue weighted by Gasteiger charge is -2.14. The number of hydrogen-bond acceptors (Lipinski definition) is 1. The van der Waals surface area contributed by atoms with Crippen LogP contribution in [0.4, 0.5) is 0 Å². The van der Waals surface area contributed by atoms with Gasteiger partial charge in [0.2, 0.25) is 0 Å². The number of ether oxygens (including phenoxy) is 1. The van der Waals surface area contributed by atoms with Gasteiger partial charge in [-0.3, -0.25) is 0 Å². The van der Waals surface area contributed by atoms with Gasteiger partial charge in [0.25, 0.3) is 0 Å². The molecule has 72 valence electrons. The molecule has 1 aromatic rings. The van der Waals surface area contributed by atoms with Gasteiger partial charge in [-0.05, 0) is 37.5 Å². The van der Waals surface area contributed by atoms with Gasteiger partial charge >= 0.3 is 0 Å². The molecule has 0 aliphatic heterocycles. The van der Waals surface area contributed by atoms with Crippen molar-refractivity contribution in [2.75, 3.05) is 7.11 Å². The minimum atomic E-state index is 0.607. The van der Waals surface area contributed by atoms with Gasteiger partial charge in [0.1, 0.15) is 5.75 Å². The Hall–Kier alpha value is -0.400. The van der Waals surface area contributed by atoms with Crippen molar-refractivity contribution in [2.24, 2.45) is 0 Å². The van der Waals surface area contributed by atoms with Crippen LogP contribution >= 0.6 is 23.2 Å². The van der Waals surface area contributed by atoms with Crippen LogP contribution in [0.25, 0.3) is 0 Å². The van der Waals surface area contributed by atoms with E-state index in [4.69, 9.17) is 27.9 Å². The maximum atomic E-state index is 6.08. The third kappa shape index (κ3) is 1.63. The summed E-state index contributed by atoms with van der Waals surface area (Å²) in [6, 6.07) is 0. The third-order valence-electron chi connectivity index (χ3n) is 2.29. The lowest BCUT2D eigenvalue weighted by molar-refractivity contribution is 0.411. The van der Waals surface area contributed by atoms with E-state index in [1.54, 1.807) is 7.11 Å². The molecule has 1 rings (SSSR count). The highest BCUT2D eigenvalue weighted by Crippen LogP contribution is 2.38. The van der Waals surface area contributed by atoms with Crippen molar-refractivity contribution in [3.8, 4) is 5.75 Å². The smallest absolute Gasteiger partial charge is 0.140 e. The molecule has 13 heavy (non-hydrogen) atoms. The Bertz CT molecular complexity index is 316. The summed E-state index contributed by atoms with van der Waals surface area (Å²) >= 11 is 12.1. The molecule has 0 aromatic heterocycles. The van der Waals surface area contributed by atoms with Crippen LogP contribution in [0.5, 0.6) is 5.75 Å². The van der Waals surface area contributed by atoms with Gasteiger partial charge in [-0.25, -0.2) is 0 Å². The summed E-state index contributed by atoms with van der Waals surface area (Å²) in [5.41, 5.74) is 2.91. The highest BCUT2D eigenvalue weighted by Gasteiger charge is 2.14. The van der Waals surface area contributed by atoms with E-state index in [1.165, 1.54) is 0 Å². The van der Waals surface area contributed by atoms with Gasteiger partial charge in [0.15, 0.2) is 0 Å². The van der Waals surface area contributed by atoms with Gasteiger partial charge in [-0.1, -0.05) is 23.2 Å². The second-order valence-electron chi connectivity index (χ2n) is 3.04. The zero-order valence-corrected chi connectivity index (χ0v) is 9.68. The maximum absolute atomic E-state index is 6.08. The first-order chi connectivity index (χ1) is 6.00. The molecule has 0 heterocycles. The normalized spacial score (nSPS) is 10.3. The first kappa shape index (κ1) is 10.7. The molecule has 0 unspecified atom stereocenters. The van der Waals surface area contributed by atoms with Crippen molar-refractivity contribution in [2.45, 2.75) is 20.8 Å². The van der Waals surface area contributed by atoms with Crippen LogP contribution in [-0.4, -0.2) is 7.11 Å². The molecule has 3 heteroatoms. The van der Waals surface area contributed by atoms with Crippen molar-refractivity contribution in [3.63, 3.8) is 0 Å². The van der Waals surface area contributed by atoms with Crippen LogP contribution in [0.2, 0.25) is 10.0 Å². The molecule has 0 fully saturated rings. The van der Waals surface area contributed by atoms with Crippen molar-refractivity contribution >= 4 is 23.2 Å². The summed E-state index contributed by atoms with van der Waals surface area (Å²) in [7, 11) is 1.61.